The molecule has 5 heteroatoms. The van der Waals surface area contributed by atoms with E-state index in [9.17, 15) is 5.11 Å². The fraction of sp³-hybridized carbons (Fsp3) is 0.200. The number of aliphatic hydroxyl groups is 1. The Morgan fingerprint density at radius 1 is 1.30 bits per heavy atom. The van der Waals surface area contributed by atoms with Crippen molar-refractivity contribution in [1.29, 1.82) is 0 Å². The normalized spacial score (nSPS) is 12.0. The largest absolute Gasteiger partial charge is 0.497 e. The summed E-state index contributed by atoms with van der Waals surface area (Å²) in [6, 6.07) is 12.8. The van der Waals surface area contributed by atoms with Crippen molar-refractivity contribution in [2.45, 2.75) is 6.04 Å². The zero-order valence-electron chi connectivity index (χ0n) is 10.9. The van der Waals surface area contributed by atoms with Crippen LogP contribution in [-0.4, -0.2) is 18.8 Å². The van der Waals surface area contributed by atoms with Gasteiger partial charge in [-0.2, -0.15) is 0 Å². The maximum absolute atomic E-state index is 9.65. The Labute approximate surface area is 131 Å². The van der Waals surface area contributed by atoms with E-state index >= 15 is 0 Å². The van der Waals surface area contributed by atoms with Crippen molar-refractivity contribution in [1.82, 2.24) is 0 Å². The van der Waals surface area contributed by atoms with E-state index in [1.54, 1.807) is 13.2 Å². The van der Waals surface area contributed by atoms with Crippen LogP contribution in [0.1, 0.15) is 11.6 Å². The zero-order chi connectivity index (χ0) is 14.5. The van der Waals surface area contributed by atoms with E-state index in [0.29, 0.717) is 5.02 Å². The SMILES string of the molecule is COc1ccc(Br)c(C(CO)Nc2ccccc2Cl)c1. The summed E-state index contributed by atoms with van der Waals surface area (Å²) < 4.78 is 6.12. The summed E-state index contributed by atoms with van der Waals surface area (Å²) in [4.78, 5) is 0. The molecule has 106 valence electrons. The number of benzene rings is 2. The minimum atomic E-state index is -0.278. The van der Waals surface area contributed by atoms with Crippen molar-refractivity contribution in [3.8, 4) is 5.75 Å². The third-order valence-corrected chi connectivity index (χ3v) is 4.02. The summed E-state index contributed by atoms with van der Waals surface area (Å²) in [6.07, 6.45) is 0. The second-order valence-corrected chi connectivity index (χ2v) is 5.51. The Kier molecular flexibility index (Phi) is 5.29. The molecule has 0 amide bonds. The van der Waals surface area contributed by atoms with Gasteiger partial charge < -0.3 is 15.2 Å². The van der Waals surface area contributed by atoms with Crippen LogP contribution in [0.2, 0.25) is 5.02 Å². The topological polar surface area (TPSA) is 41.5 Å². The van der Waals surface area contributed by atoms with Gasteiger partial charge in [0.15, 0.2) is 0 Å². The maximum Gasteiger partial charge on any atom is 0.119 e. The van der Waals surface area contributed by atoms with E-state index in [2.05, 4.69) is 21.2 Å². The number of anilines is 1. The Bertz CT molecular complexity index is 592. The fourth-order valence-electron chi connectivity index (χ4n) is 1.90. The molecule has 2 aromatic rings. The highest BCUT2D eigenvalue weighted by Crippen LogP contribution is 2.31. The third-order valence-electron chi connectivity index (χ3n) is 2.96. The number of halogens is 2. The van der Waals surface area contributed by atoms with Crippen LogP contribution in [-0.2, 0) is 0 Å². The summed E-state index contributed by atoms with van der Waals surface area (Å²) >= 11 is 9.62. The van der Waals surface area contributed by atoms with E-state index in [4.69, 9.17) is 16.3 Å². The highest BCUT2D eigenvalue weighted by Gasteiger charge is 2.15. The molecule has 0 spiro atoms. The predicted octanol–water partition coefficient (Wildman–Crippen LogP) is 4.26. The minimum Gasteiger partial charge on any atom is -0.497 e. The summed E-state index contributed by atoms with van der Waals surface area (Å²) in [7, 11) is 1.61. The molecule has 0 heterocycles. The Morgan fingerprint density at radius 3 is 2.70 bits per heavy atom. The van der Waals surface area contributed by atoms with Gasteiger partial charge in [-0.25, -0.2) is 0 Å². The van der Waals surface area contributed by atoms with Gasteiger partial charge in [0.05, 0.1) is 30.5 Å². The molecule has 0 saturated carbocycles. The predicted molar refractivity (Wildman–Crippen MR) is 85.6 cm³/mol. The van der Waals surface area contributed by atoms with Gasteiger partial charge >= 0.3 is 0 Å². The Morgan fingerprint density at radius 2 is 2.05 bits per heavy atom. The standard InChI is InChI=1S/C15H15BrClNO2/c1-20-10-6-7-12(16)11(8-10)15(9-19)18-14-5-3-2-4-13(14)17/h2-8,15,18-19H,9H2,1H3. The number of aliphatic hydroxyl groups excluding tert-OH is 1. The Hall–Kier alpha value is -1.23. The first-order valence-corrected chi connectivity index (χ1v) is 7.28. The van der Waals surface area contributed by atoms with E-state index in [1.165, 1.54) is 0 Å². The van der Waals surface area contributed by atoms with Gasteiger partial charge in [-0.15, -0.1) is 0 Å². The fourth-order valence-corrected chi connectivity index (χ4v) is 2.62. The smallest absolute Gasteiger partial charge is 0.119 e. The molecule has 0 aliphatic carbocycles. The second-order valence-electron chi connectivity index (χ2n) is 4.25. The average Bonchev–Trinajstić information content (AvgIpc) is 2.47. The van der Waals surface area contributed by atoms with E-state index in [0.717, 1.165) is 21.5 Å². The molecule has 1 unspecified atom stereocenters. The molecule has 3 nitrogen and oxygen atoms in total. The van der Waals surface area contributed by atoms with E-state index in [1.807, 2.05) is 36.4 Å². The number of rotatable bonds is 5. The molecule has 0 aromatic heterocycles. The molecule has 0 aliphatic heterocycles. The molecule has 1 atom stereocenters. The lowest BCUT2D eigenvalue weighted by molar-refractivity contribution is 0.275. The molecule has 20 heavy (non-hydrogen) atoms. The first kappa shape index (κ1) is 15.2. The van der Waals surface area contributed by atoms with Crippen molar-refractivity contribution in [3.05, 3.63) is 57.5 Å². The molecule has 2 rings (SSSR count). The molecule has 2 aromatic carbocycles. The summed E-state index contributed by atoms with van der Waals surface area (Å²) in [5.74, 6) is 0.739. The number of hydrogen-bond donors (Lipinski definition) is 2. The highest BCUT2D eigenvalue weighted by molar-refractivity contribution is 9.10. The van der Waals surface area contributed by atoms with Crippen LogP contribution in [0.4, 0.5) is 5.69 Å². The summed E-state index contributed by atoms with van der Waals surface area (Å²) in [6.45, 7) is -0.0585. The summed E-state index contributed by atoms with van der Waals surface area (Å²) in [5.41, 5.74) is 1.69. The van der Waals surface area contributed by atoms with Gasteiger partial charge in [0.25, 0.3) is 0 Å². The van der Waals surface area contributed by atoms with Gasteiger partial charge in [0.2, 0.25) is 0 Å². The van der Waals surface area contributed by atoms with Crippen molar-refractivity contribution in [2.75, 3.05) is 19.0 Å². The van der Waals surface area contributed by atoms with Crippen molar-refractivity contribution in [3.63, 3.8) is 0 Å². The van der Waals surface area contributed by atoms with Gasteiger partial charge in [-0.3, -0.25) is 0 Å². The summed E-state index contributed by atoms with van der Waals surface area (Å²) in [5, 5.41) is 13.5. The van der Waals surface area contributed by atoms with Gasteiger partial charge in [0, 0.05) is 4.47 Å². The maximum atomic E-state index is 9.65. The average molecular weight is 357 g/mol. The van der Waals surface area contributed by atoms with Crippen LogP contribution < -0.4 is 10.1 Å². The van der Waals surface area contributed by atoms with Crippen molar-refractivity contribution in [2.24, 2.45) is 0 Å². The van der Waals surface area contributed by atoms with Crippen molar-refractivity contribution < 1.29 is 9.84 Å². The van der Waals surface area contributed by atoms with Crippen LogP contribution in [0.15, 0.2) is 46.9 Å². The molecule has 0 radical (unpaired) electrons. The van der Waals surface area contributed by atoms with Crippen LogP contribution in [0, 0.1) is 0 Å². The van der Waals surface area contributed by atoms with Gasteiger partial charge in [0.1, 0.15) is 5.75 Å². The van der Waals surface area contributed by atoms with E-state index < -0.39 is 0 Å². The number of para-hydroxylation sites is 1. The van der Waals surface area contributed by atoms with Crippen LogP contribution in [0.5, 0.6) is 5.75 Å². The lowest BCUT2D eigenvalue weighted by Gasteiger charge is -2.20. The molecule has 2 N–H and O–H groups in total. The van der Waals surface area contributed by atoms with Crippen LogP contribution in [0.25, 0.3) is 0 Å². The number of nitrogens with one attached hydrogen (secondary N) is 1. The number of methoxy groups -OCH3 is 1. The second kappa shape index (κ2) is 6.97. The highest BCUT2D eigenvalue weighted by atomic mass is 79.9. The molecule has 0 saturated heterocycles. The van der Waals surface area contributed by atoms with Crippen LogP contribution >= 0.6 is 27.5 Å². The molecule has 0 fully saturated rings. The minimum absolute atomic E-state index is 0.0585. The van der Waals surface area contributed by atoms with Crippen molar-refractivity contribution >= 4 is 33.2 Å². The Balaban J connectivity index is 2.31. The first-order valence-electron chi connectivity index (χ1n) is 6.11. The molecular weight excluding hydrogens is 342 g/mol. The third kappa shape index (κ3) is 3.45. The van der Waals surface area contributed by atoms with Gasteiger partial charge in [-0.05, 0) is 35.9 Å². The first-order chi connectivity index (χ1) is 9.65. The quantitative estimate of drug-likeness (QED) is 0.841. The van der Waals surface area contributed by atoms with Crippen LogP contribution in [0.3, 0.4) is 0 Å². The zero-order valence-corrected chi connectivity index (χ0v) is 13.3. The number of ether oxygens (including phenoxy) is 1. The lowest BCUT2D eigenvalue weighted by Crippen LogP contribution is -2.15. The molecular formula is C15H15BrClNO2. The molecule has 0 bridgehead atoms. The molecule has 0 aliphatic rings. The van der Waals surface area contributed by atoms with Gasteiger partial charge in [-0.1, -0.05) is 39.7 Å². The monoisotopic (exact) mass is 355 g/mol. The lowest BCUT2D eigenvalue weighted by atomic mass is 10.1. The van der Waals surface area contributed by atoms with E-state index in [-0.39, 0.29) is 12.6 Å². The number of hydrogen-bond acceptors (Lipinski definition) is 3.